The molecule has 0 atom stereocenters. The molecule has 1 aromatic carbocycles. The molecule has 4 heteroatoms. The smallest absolute Gasteiger partial charge is 0.216 e. The molecule has 1 rings (SSSR count). The first-order valence-corrected chi connectivity index (χ1v) is 4.88. The largest absolute Gasteiger partial charge is 0.398 e. The molecule has 1 amide bonds. The fourth-order valence-electron chi connectivity index (χ4n) is 1.11. The molecule has 0 saturated heterocycles. The highest BCUT2D eigenvalue weighted by Gasteiger charge is 1.96. The van der Waals surface area contributed by atoms with Crippen LogP contribution in [-0.4, -0.2) is 12.5 Å². The van der Waals surface area contributed by atoms with Crippen LogP contribution in [0.25, 0.3) is 0 Å². The van der Waals surface area contributed by atoms with E-state index < -0.39 is 0 Å². The van der Waals surface area contributed by atoms with Gasteiger partial charge < -0.3 is 11.1 Å². The molecule has 0 fully saturated rings. The van der Waals surface area contributed by atoms with E-state index in [9.17, 15) is 9.18 Å². The molecular weight excluding hydrogens is 207 g/mol. The van der Waals surface area contributed by atoms with Gasteiger partial charge in [0.1, 0.15) is 5.82 Å². The average Bonchev–Trinajstić information content (AvgIpc) is 2.20. The van der Waals surface area contributed by atoms with Gasteiger partial charge in [-0.15, -0.1) is 0 Å². The third-order valence-corrected chi connectivity index (χ3v) is 1.86. The second-order valence-corrected chi connectivity index (χ2v) is 3.27. The number of halogens is 1. The van der Waals surface area contributed by atoms with Gasteiger partial charge in [-0.3, -0.25) is 4.79 Å². The number of benzene rings is 1. The highest BCUT2D eigenvalue weighted by molar-refractivity contribution is 5.72. The minimum absolute atomic E-state index is 0.0805. The van der Waals surface area contributed by atoms with Crippen molar-refractivity contribution in [3.63, 3.8) is 0 Å². The first-order valence-electron chi connectivity index (χ1n) is 4.88. The summed E-state index contributed by atoms with van der Waals surface area (Å²) in [5.74, 6) is 5.22. The second-order valence-electron chi connectivity index (χ2n) is 3.27. The Hall–Kier alpha value is -2.02. The Balaban J connectivity index is 2.53. The van der Waals surface area contributed by atoms with Crippen molar-refractivity contribution in [3.8, 4) is 11.8 Å². The lowest BCUT2D eigenvalue weighted by atomic mass is 10.2. The van der Waals surface area contributed by atoms with Gasteiger partial charge in [-0.25, -0.2) is 4.39 Å². The summed E-state index contributed by atoms with van der Waals surface area (Å²) in [6, 6.07) is 4.09. The van der Waals surface area contributed by atoms with Crippen molar-refractivity contribution in [3.05, 3.63) is 29.6 Å². The number of hydrogen-bond donors (Lipinski definition) is 2. The summed E-state index contributed by atoms with van der Waals surface area (Å²) >= 11 is 0. The van der Waals surface area contributed by atoms with E-state index in [4.69, 9.17) is 5.73 Å². The van der Waals surface area contributed by atoms with Gasteiger partial charge in [0.15, 0.2) is 0 Å². The minimum Gasteiger partial charge on any atom is -0.398 e. The number of amides is 1. The lowest BCUT2D eigenvalue weighted by molar-refractivity contribution is -0.118. The molecule has 16 heavy (non-hydrogen) atoms. The second kappa shape index (κ2) is 5.76. The van der Waals surface area contributed by atoms with Crippen molar-refractivity contribution in [2.75, 3.05) is 12.3 Å². The SMILES string of the molecule is CC(=O)NCCC#Cc1ccc(F)cc1N. The average molecular weight is 220 g/mol. The number of rotatable bonds is 2. The van der Waals surface area contributed by atoms with Gasteiger partial charge in [0.2, 0.25) is 5.91 Å². The highest BCUT2D eigenvalue weighted by Crippen LogP contribution is 2.11. The van der Waals surface area contributed by atoms with Gasteiger partial charge in [0, 0.05) is 25.5 Å². The van der Waals surface area contributed by atoms with Crippen LogP contribution >= 0.6 is 0 Å². The van der Waals surface area contributed by atoms with Gasteiger partial charge >= 0.3 is 0 Å². The van der Waals surface area contributed by atoms with Gasteiger partial charge in [0.25, 0.3) is 0 Å². The molecular formula is C12H13FN2O. The van der Waals surface area contributed by atoms with Crippen LogP contribution in [0.3, 0.4) is 0 Å². The van der Waals surface area contributed by atoms with E-state index in [-0.39, 0.29) is 11.7 Å². The number of hydrogen-bond acceptors (Lipinski definition) is 2. The monoisotopic (exact) mass is 220 g/mol. The number of carbonyl (C=O) groups is 1. The van der Waals surface area contributed by atoms with Crippen LogP contribution in [0.2, 0.25) is 0 Å². The number of nitrogens with two attached hydrogens (primary N) is 1. The van der Waals surface area contributed by atoms with E-state index in [1.807, 2.05) is 0 Å². The topological polar surface area (TPSA) is 55.1 Å². The third-order valence-electron chi connectivity index (χ3n) is 1.86. The van der Waals surface area contributed by atoms with Crippen LogP contribution in [0.5, 0.6) is 0 Å². The number of anilines is 1. The Kier molecular flexibility index (Phi) is 4.34. The maximum atomic E-state index is 12.7. The normalized spacial score (nSPS) is 9.12. The lowest BCUT2D eigenvalue weighted by Gasteiger charge is -1.97. The third kappa shape index (κ3) is 4.01. The molecule has 0 radical (unpaired) electrons. The molecule has 0 heterocycles. The van der Waals surface area contributed by atoms with Gasteiger partial charge in [-0.05, 0) is 18.2 Å². The summed E-state index contributed by atoms with van der Waals surface area (Å²) in [6.45, 7) is 1.95. The predicted octanol–water partition coefficient (Wildman–Crippen LogP) is 1.29. The molecule has 84 valence electrons. The van der Waals surface area contributed by atoms with E-state index in [1.165, 1.54) is 25.1 Å². The molecule has 0 unspecified atom stereocenters. The molecule has 3 N–H and O–H groups in total. The van der Waals surface area contributed by atoms with Crippen LogP contribution in [-0.2, 0) is 4.79 Å². The molecule has 0 spiro atoms. The van der Waals surface area contributed by atoms with Crippen molar-refractivity contribution in [2.45, 2.75) is 13.3 Å². The Bertz CT molecular complexity index is 446. The summed E-state index contributed by atoms with van der Waals surface area (Å²) < 4.78 is 12.7. The van der Waals surface area contributed by atoms with E-state index in [0.29, 0.717) is 24.2 Å². The molecule has 1 aromatic rings. The maximum absolute atomic E-state index is 12.7. The first-order chi connectivity index (χ1) is 7.59. The van der Waals surface area contributed by atoms with Crippen molar-refractivity contribution in [1.82, 2.24) is 5.32 Å². The number of nitrogen functional groups attached to an aromatic ring is 1. The van der Waals surface area contributed by atoms with Gasteiger partial charge in [-0.2, -0.15) is 0 Å². The van der Waals surface area contributed by atoms with E-state index in [2.05, 4.69) is 17.2 Å². The Morgan fingerprint density at radius 2 is 2.31 bits per heavy atom. The Morgan fingerprint density at radius 1 is 1.56 bits per heavy atom. The summed E-state index contributed by atoms with van der Waals surface area (Å²) in [5, 5.41) is 2.62. The fraction of sp³-hybridized carbons (Fsp3) is 0.250. The van der Waals surface area contributed by atoms with Crippen molar-refractivity contribution >= 4 is 11.6 Å². The van der Waals surface area contributed by atoms with E-state index >= 15 is 0 Å². The summed E-state index contributed by atoms with van der Waals surface area (Å²) in [7, 11) is 0. The Morgan fingerprint density at radius 3 is 2.94 bits per heavy atom. The molecule has 0 bridgehead atoms. The number of carbonyl (C=O) groups excluding carboxylic acids is 1. The van der Waals surface area contributed by atoms with E-state index in [0.717, 1.165) is 0 Å². The van der Waals surface area contributed by atoms with Crippen LogP contribution in [0.4, 0.5) is 10.1 Å². The predicted molar refractivity (Wildman–Crippen MR) is 61.0 cm³/mol. The summed E-state index contributed by atoms with van der Waals surface area (Å²) in [4.78, 5) is 10.5. The zero-order chi connectivity index (χ0) is 12.0. The van der Waals surface area contributed by atoms with Crippen molar-refractivity contribution in [1.29, 1.82) is 0 Å². The molecule has 0 saturated carbocycles. The molecule has 3 nitrogen and oxygen atoms in total. The minimum atomic E-state index is -0.374. The van der Waals surface area contributed by atoms with E-state index in [1.54, 1.807) is 0 Å². The van der Waals surface area contributed by atoms with Gasteiger partial charge in [-0.1, -0.05) is 11.8 Å². The first kappa shape index (κ1) is 12.1. The molecule has 0 aliphatic carbocycles. The van der Waals surface area contributed by atoms with Crippen LogP contribution < -0.4 is 11.1 Å². The quantitative estimate of drug-likeness (QED) is 0.448. The summed E-state index contributed by atoms with van der Waals surface area (Å²) in [6.07, 6.45) is 0.538. The standard InChI is InChI=1S/C12H13FN2O/c1-9(16)15-7-3-2-4-10-5-6-11(13)8-12(10)14/h5-6,8H,3,7,14H2,1H3,(H,15,16). The lowest BCUT2D eigenvalue weighted by Crippen LogP contribution is -2.20. The molecule has 0 aliphatic rings. The molecule has 0 aromatic heterocycles. The Labute approximate surface area is 93.8 Å². The zero-order valence-electron chi connectivity index (χ0n) is 9.01. The fourth-order valence-corrected chi connectivity index (χ4v) is 1.11. The maximum Gasteiger partial charge on any atom is 0.216 e. The van der Waals surface area contributed by atoms with Crippen LogP contribution in [0, 0.1) is 17.7 Å². The van der Waals surface area contributed by atoms with Crippen LogP contribution in [0.1, 0.15) is 18.9 Å². The zero-order valence-corrected chi connectivity index (χ0v) is 9.01. The van der Waals surface area contributed by atoms with Crippen molar-refractivity contribution in [2.24, 2.45) is 0 Å². The van der Waals surface area contributed by atoms with Crippen molar-refractivity contribution < 1.29 is 9.18 Å². The highest BCUT2D eigenvalue weighted by atomic mass is 19.1. The number of nitrogens with one attached hydrogen (secondary N) is 1. The molecule has 0 aliphatic heterocycles. The van der Waals surface area contributed by atoms with Gasteiger partial charge in [0.05, 0.1) is 5.69 Å². The van der Waals surface area contributed by atoms with Crippen LogP contribution in [0.15, 0.2) is 18.2 Å². The summed E-state index contributed by atoms with van der Waals surface area (Å²) in [5.41, 5.74) is 6.50.